The molecule has 0 aliphatic carbocycles. The molecular weight excluding hydrogens is 441 g/mol. The summed E-state index contributed by atoms with van der Waals surface area (Å²) < 4.78 is 25.2. The zero-order valence-electron chi connectivity index (χ0n) is 18.2. The van der Waals surface area contributed by atoms with Gasteiger partial charge in [-0.25, -0.2) is 4.39 Å². The van der Waals surface area contributed by atoms with Crippen molar-refractivity contribution in [3.8, 4) is 17.6 Å². The minimum atomic E-state index is -0.746. The van der Waals surface area contributed by atoms with E-state index in [4.69, 9.17) is 9.47 Å². The maximum absolute atomic E-state index is 13.8. The summed E-state index contributed by atoms with van der Waals surface area (Å²) in [6, 6.07) is 18.4. The van der Waals surface area contributed by atoms with Crippen molar-refractivity contribution in [2.75, 3.05) is 11.9 Å². The van der Waals surface area contributed by atoms with Gasteiger partial charge in [0.2, 0.25) is 0 Å². The molecule has 0 unspecified atom stereocenters. The number of carbonyl (C=O) groups is 1. The first kappa shape index (κ1) is 23.9. The number of nitrogens with one attached hydrogen (secondary N) is 1. The van der Waals surface area contributed by atoms with Crippen LogP contribution in [0.3, 0.4) is 0 Å². The lowest BCUT2D eigenvalue weighted by Crippen LogP contribution is -2.14. The molecule has 0 heterocycles. The van der Waals surface area contributed by atoms with Crippen molar-refractivity contribution in [1.29, 1.82) is 5.26 Å². The van der Waals surface area contributed by atoms with Gasteiger partial charge in [-0.2, -0.15) is 5.26 Å². The third-order valence-corrected chi connectivity index (χ3v) is 4.61. The van der Waals surface area contributed by atoms with E-state index >= 15 is 0 Å². The topological polar surface area (TPSA) is 114 Å². The summed E-state index contributed by atoms with van der Waals surface area (Å²) in [7, 11) is 0. The van der Waals surface area contributed by atoms with Crippen LogP contribution in [0.25, 0.3) is 6.08 Å². The molecule has 0 spiro atoms. The van der Waals surface area contributed by atoms with Crippen molar-refractivity contribution in [3.63, 3.8) is 0 Å². The molecule has 9 heteroatoms. The third-order valence-electron chi connectivity index (χ3n) is 4.61. The van der Waals surface area contributed by atoms with Gasteiger partial charge < -0.3 is 14.8 Å². The van der Waals surface area contributed by atoms with Gasteiger partial charge in [-0.3, -0.25) is 14.9 Å². The quantitative estimate of drug-likeness (QED) is 0.201. The zero-order valence-corrected chi connectivity index (χ0v) is 18.2. The van der Waals surface area contributed by atoms with E-state index in [-0.39, 0.29) is 23.6 Å². The average Bonchev–Trinajstić information content (AvgIpc) is 2.83. The highest BCUT2D eigenvalue weighted by Crippen LogP contribution is 2.30. The van der Waals surface area contributed by atoms with Crippen LogP contribution in [0.2, 0.25) is 0 Å². The number of hydrogen-bond donors (Lipinski definition) is 1. The summed E-state index contributed by atoms with van der Waals surface area (Å²) in [6.45, 7) is 2.30. The highest BCUT2D eigenvalue weighted by Gasteiger charge is 2.13. The number of halogens is 1. The molecule has 0 saturated carbocycles. The Balaban J connectivity index is 1.77. The Morgan fingerprint density at radius 2 is 1.85 bits per heavy atom. The van der Waals surface area contributed by atoms with Crippen molar-refractivity contribution in [2.45, 2.75) is 13.5 Å². The van der Waals surface area contributed by atoms with E-state index in [1.807, 2.05) is 6.07 Å². The number of carbonyl (C=O) groups excluding carboxylic acids is 1. The van der Waals surface area contributed by atoms with Crippen LogP contribution in [-0.4, -0.2) is 17.4 Å². The Kier molecular flexibility index (Phi) is 7.92. The lowest BCUT2D eigenvalue weighted by Gasteiger charge is -2.13. The number of rotatable bonds is 9. The number of amides is 1. The van der Waals surface area contributed by atoms with Gasteiger partial charge in [-0.15, -0.1) is 0 Å². The maximum Gasteiger partial charge on any atom is 0.269 e. The van der Waals surface area contributed by atoms with Crippen LogP contribution in [0.1, 0.15) is 18.1 Å². The van der Waals surface area contributed by atoms with Gasteiger partial charge in [0.15, 0.2) is 11.5 Å². The molecular formula is C25H20FN3O5. The second-order valence-corrected chi connectivity index (χ2v) is 6.96. The molecule has 0 bridgehead atoms. The summed E-state index contributed by atoms with van der Waals surface area (Å²) in [5, 5.41) is 22.6. The molecule has 34 heavy (non-hydrogen) atoms. The lowest BCUT2D eigenvalue weighted by atomic mass is 10.1. The molecule has 0 saturated heterocycles. The fourth-order valence-corrected chi connectivity index (χ4v) is 2.94. The summed E-state index contributed by atoms with van der Waals surface area (Å²) in [6.07, 6.45) is 1.36. The van der Waals surface area contributed by atoms with Gasteiger partial charge >= 0.3 is 0 Å². The average molecular weight is 461 g/mol. The predicted molar refractivity (Wildman–Crippen MR) is 124 cm³/mol. The first-order chi connectivity index (χ1) is 16.4. The normalized spacial score (nSPS) is 10.8. The molecule has 0 radical (unpaired) electrons. The fraction of sp³-hybridized carbons (Fsp3) is 0.120. The minimum absolute atomic E-state index is 0.0118. The number of nitrogens with zero attached hydrogens (tertiary/aromatic N) is 2. The van der Waals surface area contributed by atoms with Crippen molar-refractivity contribution >= 4 is 23.4 Å². The van der Waals surface area contributed by atoms with Gasteiger partial charge in [0.05, 0.1) is 17.2 Å². The van der Waals surface area contributed by atoms with Crippen LogP contribution >= 0.6 is 0 Å². The number of hydrogen-bond acceptors (Lipinski definition) is 6. The molecule has 172 valence electrons. The smallest absolute Gasteiger partial charge is 0.269 e. The molecule has 1 N–H and O–H groups in total. The molecule has 3 aromatic rings. The maximum atomic E-state index is 13.8. The molecule has 0 aromatic heterocycles. The van der Waals surface area contributed by atoms with E-state index in [2.05, 4.69) is 5.32 Å². The Bertz CT molecular complexity index is 1270. The van der Waals surface area contributed by atoms with E-state index < -0.39 is 16.6 Å². The Hall–Kier alpha value is -4.71. The van der Waals surface area contributed by atoms with Gasteiger partial charge in [-0.1, -0.05) is 18.2 Å². The Morgan fingerprint density at radius 1 is 1.12 bits per heavy atom. The molecule has 0 aliphatic rings. The van der Waals surface area contributed by atoms with E-state index in [0.717, 1.165) is 5.56 Å². The first-order valence-corrected chi connectivity index (χ1v) is 10.2. The summed E-state index contributed by atoms with van der Waals surface area (Å²) in [5.74, 6) is -0.540. The van der Waals surface area contributed by atoms with Gasteiger partial charge in [-0.05, 0) is 60.5 Å². The summed E-state index contributed by atoms with van der Waals surface area (Å²) in [5.41, 5.74) is 0.978. The van der Waals surface area contributed by atoms with Crippen LogP contribution in [0.15, 0.2) is 72.3 Å². The second kappa shape index (κ2) is 11.2. The molecule has 0 fully saturated rings. The standard InChI is InChI=1S/C25H20FN3O5/c1-2-33-24-14-18(13-19(15-27)25(30)28-22-6-4-3-5-21(22)26)9-12-23(24)34-16-17-7-10-20(11-8-17)29(31)32/h3-14H,2,16H2,1H3,(H,28,30)/b19-13+. The predicted octanol–water partition coefficient (Wildman–Crippen LogP) is 5.26. The number of ether oxygens (including phenoxy) is 2. The SMILES string of the molecule is CCOc1cc(/C=C(\C#N)C(=O)Nc2ccccc2F)ccc1OCc1ccc([N+](=O)[O-])cc1. The van der Waals surface area contributed by atoms with Crippen molar-refractivity contribution < 1.29 is 23.6 Å². The number of benzene rings is 3. The van der Waals surface area contributed by atoms with Crippen LogP contribution in [-0.2, 0) is 11.4 Å². The highest BCUT2D eigenvalue weighted by molar-refractivity contribution is 6.09. The molecule has 0 atom stereocenters. The summed E-state index contributed by atoms with van der Waals surface area (Å²) in [4.78, 5) is 22.7. The molecule has 8 nitrogen and oxygen atoms in total. The van der Waals surface area contributed by atoms with E-state index in [1.165, 1.54) is 36.4 Å². The number of anilines is 1. The zero-order chi connectivity index (χ0) is 24.5. The number of para-hydroxylation sites is 1. The van der Waals surface area contributed by atoms with Crippen LogP contribution in [0.4, 0.5) is 15.8 Å². The van der Waals surface area contributed by atoms with E-state index in [0.29, 0.717) is 23.7 Å². The minimum Gasteiger partial charge on any atom is -0.490 e. The van der Waals surface area contributed by atoms with Crippen molar-refractivity contribution in [2.24, 2.45) is 0 Å². The van der Waals surface area contributed by atoms with Gasteiger partial charge in [0.1, 0.15) is 24.1 Å². The fourth-order valence-electron chi connectivity index (χ4n) is 2.94. The molecule has 3 rings (SSSR count). The van der Waals surface area contributed by atoms with Crippen LogP contribution in [0, 0.1) is 27.3 Å². The number of nitriles is 1. The van der Waals surface area contributed by atoms with Crippen LogP contribution in [0.5, 0.6) is 11.5 Å². The van der Waals surface area contributed by atoms with Crippen molar-refractivity contribution in [1.82, 2.24) is 0 Å². The lowest BCUT2D eigenvalue weighted by molar-refractivity contribution is -0.384. The van der Waals surface area contributed by atoms with Gasteiger partial charge in [0, 0.05) is 12.1 Å². The third kappa shape index (κ3) is 6.17. The van der Waals surface area contributed by atoms with Crippen molar-refractivity contribution in [3.05, 3.63) is 99.4 Å². The highest BCUT2D eigenvalue weighted by atomic mass is 19.1. The largest absolute Gasteiger partial charge is 0.490 e. The molecule has 3 aromatic carbocycles. The first-order valence-electron chi connectivity index (χ1n) is 10.2. The monoisotopic (exact) mass is 461 g/mol. The second-order valence-electron chi connectivity index (χ2n) is 6.96. The number of nitro groups is 1. The Morgan fingerprint density at radius 3 is 2.50 bits per heavy atom. The molecule has 1 amide bonds. The number of non-ortho nitro benzene ring substituents is 1. The summed E-state index contributed by atoms with van der Waals surface area (Å²) >= 11 is 0. The van der Waals surface area contributed by atoms with Gasteiger partial charge in [0.25, 0.3) is 11.6 Å². The van der Waals surface area contributed by atoms with E-state index in [9.17, 15) is 24.6 Å². The number of nitro benzene ring substituents is 1. The molecule has 0 aliphatic heterocycles. The Labute approximate surface area is 195 Å². The van der Waals surface area contributed by atoms with Crippen LogP contribution < -0.4 is 14.8 Å². The van der Waals surface area contributed by atoms with E-state index in [1.54, 1.807) is 43.3 Å².